The number of thiazole rings is 1. The predicted molar refractivity (Wildman–Crippen MR) is 85.1 cm³/mol. The third-order valence-corrected chi connectivity index (χ3v) is 3.93. The van der Waals surface area contributed by atoms with Crippen LogP contribution >= 0.6 is 11.3 Å². The normalized spacial score (nSPS) is 9.87. The Labute approximate surface area is 152 Å². The van der Waals surface area contributed by atoms with Gasteiger partial charge in [0.25, 0.3) is 6.47 Å². The molecular formula is C16H17LiN2O3S. The Morgan fingerprint density at radius 2 is 2.22 bits per heavy atom. The summed E-state index contributed by atoms with van der Waals surface area (Å²) in [7, 11) is 0. The van der Waals surface area contributed by atoms with Gasteiger partial charge >= 0.3 is 18.9 Å². The zero-order valence-electron chi connectivity index (χ0n) is 14.6. The fourth-order valence-electron chi connectivity index (χ4n) is 1.79. The van der Waals surface area contributed by atoms with E-state index in [4.69, 9.17) is 9.47 Å². The number of benzene rings is 1. The van der Waals surface area contributed by atoms with Crippen molar-refractivity contribution in [2.45, 2.75) is 20.8 Å². The first-order valence-corrected chi connectivity index (χ1v) is 7.61. The summed E-state index contributed by atoms with van der Waals surface area (Å²) < 4.78 is 10.5. The summed E-state index contributed by atoms with van der Waals surface area (Å²) in [6, 6.07) is 7.49. The predicted octanol–water partition coefficient (Wildman–Crippen LogP) is 0.677. The molecule has 23 heavy (non-hydrogen) atoms. The fourth-order valence-corrected chi connectivity index (χ4v) is 2.68. The molecule has 0 aliphatic carbocycles. The third-order valence-electron chi connectivity index (χ3n) is 2.83. The second kappa shape index (κ2) is 8.74. The molecule has 0 bridgehead atoms. The monoisotopic (exact) mass is 324 g/mol. The van der Waals surface area contributed by atoms with E-state index in [1.54, 1.807) is 19.1 Å². The molecule has 2 rings (SSSR count). The molecule has 5 nitrogen and oxygen atoms in total. The van der Waals surface area contributed by atoms with Gasteiger partial charge in [-0.1, -0.05) is 25.2 Å². The number of nitrogens with zero attached hydrogens (tertiary/aromatic N) is 2. The number of carbonyl (C=O) groups excluding carboxylic acids is 1. The van der Waals surface area contributed by atoms with E-state index in [0.29, 0.717) is 46.1 Å². The number of aromatic nitrogens is 1. The van der Waals surface area contributed by atoms with Crippen molar-refractivity contribution in [3.05, 3.63) is 29.5 Å². The molecule has 0 aliphatic rings. The van der Waals surface area contributed by atoms with Gasteiger partial charge in [0, 0.05) is 5.56 Å². The summed E-state index contributed by atoms with van der Waals surface area (Å²) in [5, 5.41) is 10.4. The van der Waals surface area contributed by atoms with Crippen LogP contribution in [-0.4, -0.2) is 18.1 Å². The van der Waals surface area contributed by atoms with Crippen molar-refractivity contribution < 1.29 is 34.6 Å². The SMILES string of the molecule is Cc1nc(-c2ccc(OCC(C)C)c(C#N)c2)sc1OC=O.[H-].[Li+]. The van der Waals surface area contributed by atoms with Crippen LogP contribution in [0.5, 0.6) is 10.8 Å². The van der Waals surface area contributed by atoms with Gasteiger partial charge in [0.1, 0.15) is 16.8 Å². The van der Waals surface area contributed by atoms with E-state index >= 15 is 0 Å². The minimum Gasteiger partial charge on any atom is -1.00 e. The first-order valence-electron chi connectivity index (χ1n) is 6.80. The zero-order valence-corrected chi connectivity index (χ0v) is 14.4. The van der Waals surface area contributed by atoms with Crippen LogP contribution in [0.15, 0.2) is 18.2 Å². The molecule has 0 fully saturated rings. The second-order valence-electron chi connectivity index (χ2n) is 5.13. The molecule has 0 aliphatic heterocycles. The maximum Gasteiger partial charge on any atom is 1.00 e. The molecule has 0 spiro atoms. The number of ether oxygens (including phenoxy) is 2. The standard InChI is InChI=1S/C16H16N2O3S.Li.H/c1-10(2)8-20-14-5-4-12(6-13(14)7-17)15-18-11(3)16(22-15)21-9-19;;/h4-6,9-10H,8H2,1-3H3;;/q;+1;-1. The second-order valence-corrected chi connectivity index (χ2v) is 6.10. The molecule has 116 valence electrons. The Balaban J connectivity index is 0.00000264. The molecule has 0 saturated carbocycles. The summed E-state index contributed by atoms with van der Waals surface area (Å²) >= 11 is 1.27. The summed E-state index contributed by atoms with van der Waals surface area (Å²) in [5.41, 5.74) is 1.90. The van der Waals surface area contributed by atoms with Crippen molar-refractivity contribution in [1.29, 1.82) is 5.26 Å². The first kappa shape index (κ1) is 19.3. The third kappa shape index (κ3) is 4.84. The zero-order chi connectivity index (χ0) is 16.1. The minimum atomic E-state index is 0. The molecule has 0 amide bonds. The van der Waals surface area contributed by atoms with Gasteiger partial charge in [0.05, 0.1) is 17.9 Å². The van der Waals surface area contributed by atoms with E-state index in [1.807, 2.05) is 19.9 Å². The molecule has 0 unspecified atom stereocenters. The molecule has 0 atom stereocenters. The molecule has 0 N–H and O–H groups in total. The molecule has 0 saturated heterocycles. The van der Waals surface area contributed by atoms with Crippen molar-refractivity contribution in [2.75, 3.05) is 6.61 Å². The fraction of sp³-hybridized carbons (Fsp3) is 0.312. The minimum absolute atomic E-state index is 0. The molecule has 1 aromatic carbocycles. The van der Waals surface area contributed by atoms with E-state index in [-0.39, 0.29) is 20.3 Å². The van der Waals surface area contributed by atoms with E-state index < -0.39 is 0 Å². The Bertz CT molecular complexity index is 729. The van der Waals surface area contributed by atoms with Crippen LogP contribution in [0.25, 0.3) is 10.6 Å². The van der Waals surface area contributed by atoms with Crippen LogP contribution < -0.4 is 28.3 Å². The van der Waals surface area contributed by atoms with Gasteiger partial charge in [-0.05, 0) is 31.0 Å². The number of nitriles is 1. The number of rotatable bonds is 6. The average Bonchev–Trinajstić information content (AvgIpc) is 2.86. The van der Waals surface area contributed by atoms with E-state index in [1.165, 1.54) is 11.3 Å². The Hall–Kier alpha value is -1.79. The van der Waals surface area contributed by atoms with Crippen LogP contribution in [0, 0.1) is 24.2 Å². The van der Waals surface area contributed by atoms with Crippen molar-refractivity contribution in [2.24, 2.45) is 5.92 Å². The van der Waals surface area contributed by atoms with Crippen LogP contribution in [0.3, 0.4) is 0 Å². The van der Waals surface area contributed by atoms with Crippen LogP contribution in [-0.2, 0) is 4.79 Å². The summed E-state index contributed by atoms with van der Waals surface area (Å²) in [6.45, 7) is 6.81. The van der Waals surface area contributed by atoms with Gasteiger partial charge in [0.15, 0.2) is 0 Å². The smallest absolute Gasteiger partial charge is 1.00 e. The van der Waals surface area contributed by atoms with Gasteiger partial charge in [0.2, 0.25) is 5.06 Å². The molecule has 1 aromatic heterocycles. The van der Waals surface area contributed by atoms with Gasteiger partial charge in [-0.15, -0.1) is 0 Å². The first-order chi connectivity index (χ1) is 10.5. The van der Waals surface area contributed by atoms with Crippen molar-refractivity contribution in [1.82, 2.24) is 4.98 Å². The Kier molecular flexibility index (Phi) is 7.32. The average molecular weight is 324 g/mol. The number of aryl methyl sites for hydroxylation is 1. The van der Waals surface area contributed by atoms with Crippen LogP contribution in [0.4, 0.5) is 0 Å². The molecule has 1 heterocycles. The molecular weight excluding hydrogens is 307 g/mol. The maximum atomic E-state index is 10.4. The van der Waals surface area contributed by atoms with Crippen molar-refractivity contribution in [3.63, 3.8) is 0 Å². The van der Waals surface area contributed by atoms with Gasteiger partial charge in [-0.3, -0.25) is 4.79 Å². The van der Waals surface area contributed by atoms with E-state index in [2.05, 4.69) is 11.1 Å². The van der Waals surface area contributed by atoms with Gasteiger partial charge in [-0.25, -0.2) is 4.98 Å². The molecule has 2 aromatic rings. The maximum absolute atomic E-state index is 10.4. The van der Waals surface area contributed by atoms with E-state index in [0.717, 1.165) is 5.56 Å². The Morgan fingerprint density at radius 1 is 1.48 bits per heavy atom. The summed E-state index contributed by atoms with van der Waals surface area (Å²) in [5.74, 6) is 0.952. The summed E-state index contributed by atoms with van der Waals surface area (Å²) in [4.78, 5) is 14.8. The van der Waals surface area contributed by atoms with Crippen molar-refractivity contribution in [3.8, 4) is 27.5 Å². The quantitative estimate of drug-likeness (QED) is 0.577. The van der Waals surface area contributed by atoms with Gasteiger partial charge < -0.3 is 10.9 Å². The molecule has 7 heteroatoms. The van der Waals surface area contributed by atoms with Gasteiger partial charge in [-0.2, -0.15) is 5.26 Å². The number of hydrogen-bond donors (Lipinski definition) is 0. The van der Waals surface area contributed by atoms with Crippen LogP contribution in [0.2, 0.25) is 0 Å². The van der Waals surface area contributed by atoms with Crippen LogP contribution in [0.1, 0.15) is 26.5 Å². The largest absolute Gasteiger partial charge is 1.00 e. The number of hydrogen-bond acceptors (Lipinski definition) is 6. The molecule has 0 radical (unpaired) electrons. The number of carbonyl (C=O) groups is 1. The van der Waals surface area contributed by atoms with E-state index in [9.17, 15) is 10.1 Å². The summed E-state index contributed by atoms with van der Waals surface area (Å²) in [6.07, 6.45) is 0. The topological polar surface area (TPSA) is 72.2 Å². The van der Waals surface area contributed by atoms with Crippen molar-refractivity contribution >= 4 is 17.8 Å². The Morgan fingerprint density at radius 3 is 2.83 bits per heavy atom.